The lowest BCUT2D eigenvalue weighted by Gasteiger charge is -2.36. The van der Waals surface area contributed by atoms with Crippen LogP contribution < -0.4 is 0 Å². The first-order valence-corrected chi connectivity index (χ1v) is 7.92. The summed E-state index contributed by atoms with van der Waals surface area (Å²) >= 11 is 18.7. The van der Waals surface area contributed by atoms with E-state index in [9.17, 15) is 0 Å². The summed E-state index contributed by atoms with van der Waals surface area (Å²) in [5.74, 6) is 2.43. The molecule has 3 rings (SSSR count). The van der Waals surface area contributed by atoms with E-state index < -0.39 is 0 Å². The van der Waals surface area contributed by atoms with E-state index in [0.29, 0.717) is 10.0 Å². The number of hydrogen-bond acceptors (Lipinski definition) is 0. The molecule has 98 valence electrons. The second-order valence-corrected chi connectivity index (χ2v) is 7.02. The van der Waals surface area contributed by atoms with Gasteiger partial charge in [-0.15, -0.1) is 11.6 Å². The zero-order valence-electron chi connectivity index (χ0n) is 10.3. The van der Waals surface area contributed by atoms with Gasteiger partial charge in [0.05, 0.1) is 10.0 Å². The highest BCUT2D eigenvalue weighted by Crippen LogP contribution is 2.58. The van der Waals surface area contributed by atoms with Crippen LogP contribution in [-0.2, 0) is 6.42 Å². The first-order chi connectivity index (χ1) is 8.64. The topological polar surface area (TPSA) is 0 Å². The fourth-order valence-electron chi connectivity index (χ4n) is 4.05. The molecule has 1 aromatic carbocycles. The Balaban J connectivity index is 1.88. The normalized spacial score (nSPS) is 34.2. The molecular weight excluding hydrogens is 287 g/mol. The third-order valence-corrected chi connectivity index (χ3v) is 6.33. The molecule has 2 aliphatic rings. The zero-order valence-corrected chi connectivity index (χ0v) is 12.5. The maximum atomic E-state index is 6.32. The molecule has 0 N–H and O–H groups in total. The fraction of sp³-hybridized carbons (Fsp3) is 0.600. The molecule has 3 atom stereocenters. The highest BCUT2D eigenvalue weighted by Gasteiger charge is 2.50. The lowest BCUT2D eigenvalue weighted by atomic mass is 9.71. The Hall–Kier alpha value is 0.0900. The van der Waals surface area contributed by atoms with E-state index in [-0.39, 0.29) is 5.41 Å². The Morgan fingerprint density at radius 3 is 2.67 bits per heavy atom. The van der Waals surface area contributed by atoms with Crippen molar-refractivity contribution in [2.45, 2.75) is 32.1 Å². The van der Waals surface area contributed by atoms with Gasteiger partial charge in [-0.25, -0.2) is 0 Å². The average Bonchev–Trinajstić information content (AvgIpc) is 2.96. The van der Waals surface area contributed by atoms with Crippen LogP contribution in [0.5, 0.6) is 0 Å². The number of alkyl halides is 1. The summed E-state index contributed by atoms with van der Waals surface area (Å²) in [6, 6.07) is 5.93. The summed E-state index contributed by atoms with van der Waals surface area (Å²) in [6.45, 7) is 0. The molecule has 3 heteroatoms. The Bertz CT molecular complexity index is 457. The van der Waals surface area contributed by atoms with Crippen molar-refractivity contribution < 1.29 is 0 Å². The van der Waals surface area contributed by atoms with Crippen molar-refractivity contribution in [2.24, 2.45) is 17.3 Å². The summed E-state index contributed by atoms with van der Waals surface area (Å²) in [4.78, 5) is 0. The molecule has 1 aromatic rings. The van der Waals surface area contributed by atoms with Gasteiger partial charge >= 0.3 is 0 Å². The maximum Gasteiger partial charge on any atom is 0.0624 e. The molecule has 0 nitrogen and oxygen atoms in total. The largest absolute Gasteiger partial charge is 0.126 e. The van der Waals surface area contributed by atoms with Crippen molar-refractivity contribution in [1.29, 1.82) is 0 Å². The molecule has 0 aromatic heterocycles. The second kappa shape index (κ2) is 4.89. The first-order valence-electron chi connectivity index (χ1n) is 6.63. The van der Waals surface area contributed by atoms with Crippen molar-refractivity contribution in [3.05, 3.63) is 33.8 Å². The minimum Gasteiger partial charge on any atom is -0.126 e. The van der Waals surface area contributed by atoms with Gasteiger partial charge in [-0.2, -0.15) is 0 Å². The van der Waals surface area contributed by atoms with Gasteiger partial charge in [0, 0.05) is 5.88 Å². The molecule has 18 heavy (non-hydrogen) atoms. The monoisotopic (exact) mass is 302 g/mol. The van der Waals surface area contributed by atoms with Crippen molar-refractivity contribution >= 4 is 34.8 Å². The van der Waals surface area contributed by atoms with E-state index in [1.807, 2.05) is 12.1 Å². The molecular formula is C15H17Cl3. The number of hydrogen-bond donors (Lipinski definition) is 0. The molecule has 0 amide bonds. The Kier molecular flexibility index (Phi) is 3.55. The van der Waals surface area contributed by atoms with E-state index in [2.05, 4.69) is 6.07 Å². The van der Waals surface area contributed by atoms with Gasteiger partial charge < -0.3 is 0 Å². The third-order valence-electron chi connectivity index (χ3n) is 4.94. The average molecular weight is 304 g/mol. The highest BCUT2D eigenvalue weighted by molar-refractivity contribution is 6.42. The third kappa shape index (κ3) is 2.07. The van der Waals surface area contributed by atoms with Crippen LogP contribution in [0.15, 0.2) is 18.2 Å². The van der Waals surface area contributed by atoms with E-state index in [4.69, 9.17) is 34.8 Å². The number of fused-ring (bicyclic) bond motifs is 2. The van der Waals surface area contributed by atoms with E-state index >= 15 is 0 Å². The van der Waals surface area contributed by atoms with E-state index in [1.165, 1.54) is 25.7 Å². The zero-order chi connectivity index (χ0) is 12.8. The number of halogens is 3. The van der Waals surface area contributed by atoms with Crippen LogP contribution in [0.3, 0.4) is 0 Å². The molecule has 0 radical (unpaired) electrons. The van der Waals surface area contributed by atoms with Gasteiger partial charge in [0.15, 0.2) is 0 Å². The van der Waals surface area contributed by atoms with Crippen molar-refractivity contribution in [2.75, 3.05) is 5.88 Å². The van der Waals surface area contributed by atoms with Crippen LogP contribution in [0, 0.1) is 17.3 Å². The van der Waals surface area contributed by atoms with Gasteiger partial charge in [-0.3, -0.25) is 0 Å². The standard InChI is InChI=1S/C15H17Cl3/c16-9-15(7-10-4-5-12(15)6-10)8-11-2-1-3-13(17)14(11)18/h1-3,10,12H,4-9H2. The second-order valence-electron chi connectivity index (χ2n) is 5.97. The summed E-state index contributed by atoms with van der Waals surface area (Å²) in [6.07, 6.45) is 6.36. The summed E-state index contributed by atoms with van der Waals surface area (Å²) in [5, 5.41) is 1.37. The Labute approximate surface area is 124 Å². The van der Waals surface area contributed by atoms with E-state index in [1.54, 1.807) is 0 Å². The highest BCUT2D eigenvalue weighted by atomic mass is 35.5. The predicted molar refractivity (Wildman–Crippen MR) is 78.8 cm³/mol. The predicted octanol–water partition coefficient (Wildman–Crippen LogP) is 5.58. The molecule has 0 saturated heterocycles. The lowest BCUT2D eigenvalue weighted by molar-refractivity contribution is 0.193. The van der Waals surface area contributed by atoms with Gasteiger partial charge in [0.1, 0.15) is 0 Å². The minimum absolute atomic E-state index is 0.263. The summed E-state index contributed by atoms with van der Waals surface area (Å²) in [7, 11) is 0. The summed E-state index contributed by atoms with van der Waals surface area (Å²) < 4.78 is 0. The molecule has 0 spiro atoms. The smallest absolute Gasteiger partial charge is 0.0624 e. The van der Waals surface area contributed by atoms with E-state index in [0.717, 1.165) is 29.7 Å². The van der Waals surface area contributed by atoms with Gasteiger partial charge in [-0.1, -0.05) is 41.8 Å². The van der Waals surface area contributed by atoms with Crippen LogP contribution in [0.4, 0.5) is 0 Å². The quantitative estimate of drug-likeness (QED) is 0.639. The maximum absolute atomic E-state index is 6.32. The molecule has 2 aliphatic carbocycles. The number of benzene rings is 1. The van der Waals surface area contributed by atoms with Gasteiger partial charge in [-0.05, 0) is 54.6 Å². The minimum atomic E-state index is 0.263. The Morgan fingerprint density at radius 1 is 1.22 bits per heavy atom. The molecule has 2 saturated carbocycles. The van der Waals surface area contributed by atoms with Crippen molar-refractivity contribution in [1.82, 2.24) is 0 Å². The molecule has 0 heterocycles. The van der Waals surface area contributed by atoms with Crippen molar-refractivity contribution in [3.8, 4) is 0 Å². The molecule has 2 fully saturated rings. The van der Waals surface area contributed by atoms with Crippen LogP contribution in [0.2, 0.25) is 10.0 Å². The first kappa shape index (κ1) is 13.1. The molecule has 0 aliphatic heterocycles. The van der Waals surface area contributed by atoms with Crippen LogP contribution in [0.1, 0.15) is 31.2 Å². The lowest BCUT2D eigenvalue weighted by Crippen LogP contribution is -2.32. The SMILES string of the molecule is ClCC1(Cc2cccc(Cl)c2Cl)CC2CCC1C2. The molecule has 2 bridgehead atoms. The van der Waals surface area contributed by atoms with Crippen molar-refractivity contribution in [3.63, 3.8) is 0 Å². The van der Waals surface area contributed by atoms with Crippen LogP contribution in [0.25, 0.3) is 0 Å². The van der Waals surface area contributed by atoms with Crippen LogP contribution in [-0.4, -0.2) is 5.88 Å². The molecule has 3 unspecified atom stereocenters. The van der Waals surface area contributed by atoms with Crippen LogP contribution >= 0.6 is 34.8 Å². The van der Waals surface area contributed by atoms with Gasteiger partial charge in [0.2, 0.25) is 0 Å². The summed E-state index contributed by atoms with van der Waals surface area (Å²) in [5.41, 5.74) is 1.43. The fourth-order valence-corrected chi connectivity index (χ4v) is 4.86. The number of rotatable bonds is 3. The Morgan fingerprint density at radius 2 is 2.06 bits per heavy atom. The van der Waals surface area contributed by atoms with Gasteiger partial charge in [0.25, 0.3) is 0 Å².